The van der Waals surface area contributed by atoms with Gasteiger partial charge in [-0.15, -0.1) is 0 Å². The van der Waals surface area contributed by atoms with E-state index < -0.39 is 0 Å². The number of amides is 1. The molecule has 1 aliphatic heterocycles. The molecule has 0 aromatic carbocycles. The minimum absolute atomic E-state index is 0.0509. The van der Waals surface area contributed by atoms with Crippen molar-refractivity contribution in [3.63, 3.8) is 0 Å². The van der Waals surface area contributed by atoms with Crippen molar-refractivity contribution in [3.8, 4) is 5.88 Å². The third-order valence-electron chi connectivity index (χ3n) is 3.42. The Labute approximate surface area is 119 Å². The first-order valence-electron chi connectivity index (χ1n) is 7.10. The van der Waals surface area contributed by atoms with Crippen molar-refractivity contribution in [1.82, 2.24) is 15.3 Å². The molecule has 1 saturated heterocycles. The molecule has 1 fully saturated rings. The molecule has 1 aromatic heterocycles. The number of nitrogens with one attached hydrogen (secondary N) is 2. The van der Waals surface area contributed by atoms with Crippen LogP contribution in [0.4, 0.5) is 5.95 Å². The van der Waals surface area contributed by atoms with Gasteiger partial charge >= 0.3 is 0 Å². The average molecular weight is 278 g/mol. The molecule has 0 saturated carbocycles. The van der Waals surface area contributed by atoms with Crippen molar-refractivity contribution in [2.45, 2.75) is 45.1 Å². The molecule has 0 bridgehead atoms. The number of carbonyl (C=O) groups is 1. The van der Waals surface area contributed by atoms with E-state index in [0.29, 0.717) is 24.3 Å². The van der Waals surface area contributed by atoms with Crippen LogP contribution >= 0.6 is 0 Å². The van der Waals surface area contributed by atoms with E-state index in [1.807, 2.05) is 6.92 Å². The van der Waals surface area contributed by atoms with Crippen molar-refractivity contribution in [3.05, 3.63) is 11.8 Å². The molecule has 6 nitrogen and oxygen atoms in total. The summed E-state index contributed by atoms with van der Waals surface area (Å²) in [6.45, 7) is 2.90. The Morgan fingerprint density at radius 3 is 3.05 bits per heavy atom. The third-order valence-corrected chi connectivity index (χ3v) is 3.42. The summed E-state index contributed by atoms with van der Waals surface area (Å²) in [6, 6.07) is 2.18. The van der Waals surface area contributed by atoms with Crippen LogP contribution in [-0.2, 0) is 4.79 Å². The zero-order valence-electron chi connectivity index (χ0n) is 12.1. The zero-order valence-corrected chi connectivity index (χ0v) is 12.1. The van der Waals surface area contributed by atoms with E-state index >= 15 is 0 Å². The van der Waals surface area contributed by atoms with Gasteiger partial charge in [0, 0.05) is 24.2 Å². The summed E-state index contributed by atoms with van der Waals surface area (Å²) in [7, 11) is 1.54. The minimum Gasteiger partial charge on any atom is -0.481 e. The van der Waals surface area contributed by atoms with Gasteiger partial charge in [-0.25, -0.2) is 4.98 Å². The van der Waals surface area contributed by atoms with Crippen molar-refractivity contribution in [1.29, 1.82) is 0 Å². The number of piperidine rings is 1. The van der Waals surface area contributed by atoms with Crippen LogP contribution in [0.5, 0.6) is 5.88 Å². The first kappa shape index (κ1) is 14.7. The molecule has 20 heavy (non-hydrogen) atoms. The molecule has 2 rings (SSSR count). The lowest BCUT2D eigenvalue weighted by Crippen LogP contribution is -2.34. The Balaban J connectivity index is 1.83. The summed E-state index contributed by atoms with van der Waals surface area (Å²) in [5.41, 5.74) is 0.765. The van der Waals surface area contributed by atoms with Gasteiger partial charge in [-0.3, -0.25) is 10.1 Å². The van der Waals surface area contributed by atoms with E-state index in [1.165, 1.54) is 12.8 Å². The van der Waals surface area contributed by atoms with Gasteiger partial charge in [-0.2, -0.15) is 4.98 Å². The first-order chi connectivity index (χ1) is 9.67. The second kappa shape index (κ2) is 7.19. The lowest BCUT2D eigenvalue weighted by molar-refractivity contribution is -0.116. The summed E-state index contributed by atoms with van der Waals surface area (Å²) >= 11 is 0. The Bertz CT molecular complexity index is 458. The maximum Gasteiger partial charge on any atom is 0.232 e. The topological polar surface area (TPSA) is 76.1 Å². The summed E-state index contributed by atoms with van der Waals surface area (Å²) in [5.74, 6) is 0.718. The molecule has 6 heteroatoms. The van der Waals surface area contributed by atoms with Crippen molar-refractivity contribution < 1.29 is 9.53 Å². The van der Waals surface area contributed by atoms with Crippen molar-refractivity contribution in [2.24, 2.45) is 0 Å². The molecule has 0 spiro atoms. The van der Waals surface area contributed by atoms with Gasteiger partial charge in [-0.1, -0.05) is 6.42 Å². The van der Waals surface area contributed by atoms with Crippen LogP contribution in [0.25, 0.3) is 0 Å². The molecule has 2 heterocycles. The largest absolute Gasteiger partial charge is 0.481 e. The molecule has 2 N–H and O–H groups in total. The third kappa shape index (κ3) is 4.45. The summed E-state index contributed by atoms with van der Waals surface area (Å²) < 4.78 is 5.06. The number of rotatable bonds is 5. The fourth-order valence-corrected chi connectivity index (χ4v) is 2.36. The van der Waals surface area contributed by atoms with Crippen molar-refractivity contribution >= 4 is 11.9 Å². The molecule has 110 valence electrons. The fourth-order valence-electron chi connectivity index (χ4n) is 2.36. The average Bonchev–Trinajstić information content (AvgIpc) is 2.45. The lowest BCUT2D eigenvalue weighted by atomic mass is 10.0. The Morgan fingerprint density at radius 1 is 1.50 bits per heavy atom. The number of nitrogens with zero attached hydrogens (tertiary/aromatic N) is 2. The van der Waals surface area contributed by atoms with Crippen LogP contribution in [0, 0.1) is 6.92 Å². The van der Waals surface area contributed by atoms with E-state index in [-0.39, 0.29) is 5.91 Å². The number of carbonyl (C=O) groups excluding carboxylic acids is 1. The molecule has 1 unspecified atom stereocenters. The molecule has 1 atom stereocenters. The SMILES string of the molecule is COc1cc(C)nc(NC(=O)CCC2CCCCN2)n1. The number of methoxy groups -OCH3 is 1. The van der Waals surface area contributed by atoms with Gasteiger partial charge < -0.3 is 10.1 Å². The maximum atomic E-state index is 11.9. The van der Waals surface area contributed by atoms with E-state index in [0.717, 1.165) is 25.1 Å². The molecule has 0 aliphatic carbocycles. The van der Waals surface area contributed by atoms with Gasteiger partial charge in [0.1, 0.15) is 0 Å². The number of ether oxygens (including phenoxy) is 1. The Hall–Kier alpha value is -1.69. The van der Waals surface area contributed by atoms with Gasteiger partial charge in [0.15, 0.2) is 0 Å². The zero-order chi connectivity index (χ0) is 14.4. The van der Waals surface area contributed by atoms with Gasteiger partial charge in [-0.05, 0) is 32.7 Å². The Kier molecular flexibility index (Phi) is 5.29. The number of hydrogen-bond donors (Lipinski definition) is 2. The molecular weight excluding hydrogens is 256 g/mol. The number of hydrogen-bond acceptors (Lipinski definition) is 5. The summed E-state index contributed by atoms with van der Waals surface area (Å²) in [5, 5.41) is 6.16. The number of aryl methyl sites for hydroxylation is 1. The van der Waals surface area contributed by atoms with E-state index in [9.17, 15) is 4.79 Å². The highest BCUT2D eigenvalue weighted by Crippen LogP contribution is 2.14. The van der Waals surface area contributed by atoms with E-state index in [2.05, 4.69) is 20.6 Å². The van der Waals surface area contributed by atoms with Crippen LogP contribution in [0.15, 0.2) is 6.07 Å². The molecule has 1 aliphatic rings. The first-order valence-corrected chi connectivity index (χ1v) is 7.10. The molecule has 1 amide bonds. The molecular formula is C14H22N4O2. The number of anilines is 1. The van der Waals surface area contributed by atoms with Crippen LogP contribution in [0.1, 0.15) is 37.8 Å². The molecule has 1 aromatic rings. The summed E-state index contributed by atoms with van der Waals surface area (Å²) in [4.78, 5) is 20.2. The smallest absolute Gasteiger partial charge is 0.232 e. The quantitative estimate of drug-likeness (QED) is 0.856. The monoisotopic (exact) mass is 278 g/mol. The fraction of sp³-hybridized carbons (Fsp3) is 0.643. The van der Waals surface area contributed by atoms with Crippen LogP contribution < -0.4 is 15.4 Å². The van der Waals surface area contributed by atoms with Gasteiger partial charge in [0.2, 0.25) is 17.7 Å². The second-order valence-electron chi connectivity index (χ2n) is 5.11. The van der Waals surface area contributed by atoms with Crippen LogP contribution in [0.3, 0.4) is 0 Å². The number of aromatic nitrogens is 2. The maximum absolute atomic E-state index is 11.9. The van der Waals surface area contributed by atoms with Crippen LogP contribution in [-0.4, -0.2) is 35.6 Å². The highest BCUT2D eigenvalue weighted by molar-refractivity contribution is 5.88. The summed E-state index contributed by atoms with van der Waals surface area (Å²) in [6.07, 6.45) is 4.98. The van der Waals surface area contributed by atoms with E-state index in [4.69, 9.17) is 4.74 Å². The lowest BCUT2D eigenvalue weighted by Gasteiger charge is -2.22. The Morgan fingerprint density at radius 2 is 2.35 bits per heavy atom. The van der Waals surface area contributed by atoms with E-state index in [1.54, 1.807) is 13.2 Å². The van der Waals surface area contributed by atoms with Gasteiger partial charge in [0.05, 0.1) is 7.11 Å². The normalized spacial score (nSPS) is 18.6. The highest BCUT2D eigenvalue weighted by atomic mass is 16.5. The van der Waals surface area contributed by atoms with Crippen molar-refractivity contribution in [2.75, 3.05) is 19.0 Å². The molecule has 0 radical (unpaired) electrons. The van der Waals surface area contributed by atoms with Crippen LogP contribution in [0.2, 0.25) is 0 Å². The predicted octanol–water partition coefficient (Wildman–Crippen LogP) is 1.65. The van der Waals surface area contributed by atoms with Gasteiger partial charge in [0.25, 0.3) is 0 Å². The standard InChI is InChI=1S/C14H22N4O2/c1-10-9-13(20-2)18-14(16-10)17-12(19)7-6-11-5-3-4-8-15-11/h9,11,15H,3-8H2,1-2H3,(H,16,17,18,19). The highest BCUT2D eigenvalue weighted by Gasteiger charge is 2.14. The second-order valence-corrected chi connectivity index (χ2v) is 5.11. The predicted molar refractivity (Wildman–Crippen MR) is 76.8 cm³/mol. The minimum atomic E-state index is -0.0509.